The lowest BCUT2D eigenvalue weighted by Crippen LogP contribution is -2.39. The van der Waals surface area contributed by atoms with Crippen molar-refractivity contribution in [3.63, 3.8) is 0 Å². The fraction of sp³-hybridized carbons (Fsp3) is 0.308. The van der Waals surface area contributed by atoms with E-state index >= 15 is 0 Å². The second-order valence-corrected chi connectivity index (χ2v) is 8.55. The van der Waals surface area contributed by atoms with E-state index in [0.717, 1.165) is 53.3 Å². The molecular weight excluding hydrogens is 402 g/mol. The molecule has 0 saturated carbocycles. The molecule has 2 aromatic heterocycles. The first-order valence-electron chi connectivity index (χ1n) is 11.1. The van der Waals surface area contributed by atoms with Crippen LogP contribution in [0.25, 0.3) is 10.9 Å². The van der Waals surface area contributed by atoms with E-state index in [9.17, 15) is 4.79 Å². The van der Waals surface area contributed by atoms with Crippen molar-refractivity contribution in [1.82, 2.24) is 14.9 Å². The molecule has 0 bridgehead atoms. The molecule has 1 aliphatic rings. The number of oxazole rings is 1. The molecule has 0 radical (unpaired) electrons. The number of rotatable bonds is 5. The van der Waals surface area contributed by atoms with Crippen molar-refractivity contribution < 1.29 is 13.9 Å². The Balaban J connectivity index is 1.27. The van der Waals surface area contributed by atoms with Gasteiger partial charge in [0, 0.05) is 30.4 Å². The van der Waals surface area contributed by atoms with Crippen LogP contribution in [-0.4, -0.2) is 41.0 Å². The van der Waals surface area contributed by atoms with Crippen LogP contribution in [0.2, 0.25) is 0 Å². The van der Waals surface area contributed by atoms with E-state index in [1.165, 1.54) is 5.56 Å². The maximum absolute atomic E-state index is 13.2. The van der Waals surface area contributed by atoms with Crippen molar-refractivity contribution in [1.29, 1.82) is 0 Å². The second kappa shape index (κ2) is 8.54. The second-order valence-electron chi connectivity index (χ2n) is 8.55. The zero-order valence-corrected chi connectivity index (χ0v) is 18.4. The van der Waals surface area contributed by atoms with Gasteiger partial charge in [0.15, 0.2) is 5.89 Å². The third kappa shape index (κ3) is 4.13. The minimum absolute atomic E-state index is 0.0357. The van der Waals surface area contributed by atoms with Crippen LogP contribution in [0.15, 0.2) is 59.1 Å². The monoisotopic (exact) mass is 429 g/mol. The Morgan fingerprint density at radius 1 is 1.22 bits per heavy atom. The van der Waals surface area contributed by atoms with E-state index in [1.54, 1.807) is 13.3 Å². The average molecular weight is 430 g/mol. The number of H-pyrrole nitrogens is 1. The van der Waals surface area contributed by atoms with E-state index < -0.39 is 0 Å². The number of piperidine rings is 1. The molecule has 1 atom stereocenters. The number of ether oxygens (including phenoxy) is 1. The van der Waals surface area contributed by atoms with Gasteiger partial charge in [-0.1, -0.05) is 24.3 Å². The maximum Gasteiger partial charge on any atom is 0.270 e. The quantitative estimate of drug-likeness (QED) is 0.480. The van der Waals surface area contributed by atoms with Gasteiger partial charge in [0.2, 0.25) is 0 Å². The van der Waals surface area contributed by atoms with Crippen LogP contribution < -0.4 is 4.74 Å². The first kappa shape index (κ1) is 20.4. The van der Waals surface area contributed by atoms with Gasteiger partial charge in [-0.3, -0.25) is 4.79 Å². The largest absolute Gasteiger partial charge is 0.497 e. The van der Waals surface area contributed by atoms with Gasteiger partial charge in [0.05, 0.1) is 19.2 Å². The van der Waals surface area contributed by atoms with Gasteiger partial charge in [-0.15, -0.1) is 0 Å². The van der Waals surface area contributed by atoms with Gasteiger partial charge in [-0.25, -0.2) is 4.98 Å². The molecule has 1 N–H and O–H groups in total. The number of benzene rings is 2. The molecule has 164 valence electrons. The number of amides is 1. The van der Waals surface area contributed by atoms with E-state index in [-0.39, 0.29) is 11.8 Å². The van der Waals surface area contributed by atoms with Crippen molar-refractivity contribution in [2.75, 3.05) is 20.2 Å². The Bertz CT molecular complexity index is 1240. The lowest BCUT2D eigenvalue weighted by molar-refractivity contribution is 0.0693. The number of carbonyl (C=O) groups is 1. The zero-order valence-electron chi connectivity index (χ0n) is 18.4. The van der Waals surface area contributed by atoms with Crippen molar-refractivity contribution in [3.8, 4) is 5.75 Å². The summed E-state index contributed by atoms with van der Waals surface area (Å²) in [6.07, 6.45) is 4.39. The maximum atomic E-state index is 13.2. The van der Waals surface area contributed by atoms with Gasteiger partial charge in [-0.05, 0) is 55.2 Å². The summed E-state index contributed by atoms with van der Waals surface area (Å²) in [4.78, 5) is 22.9. The minimum atomic E-state index is 0.0357. The summed E-state index contributed by atoms with van der Waals surface area (Å²) in [6.45, 7) is 3.43. The van der Waals surface area contributed by atoms with Crippen molar-refractivity contribution in [3.05, 3.63) is 83.2 Å². The molecule has 3 heterocycles. The predicted octanol–water partition coefficient (Wildman–Crippen LogP) is 5.08. The van der Waals surface area contributed by atoms with Gasteiger partial charge in [0.25, 0.3) is 5.91 Å². The number of nitrogens with zero attached hydrogens (tertiary/aromatic N) is 2. The Morgan fingerprint density at radius 3 is 2.88 bits per heavy atom. The summed E-state index contributed by atoms with van der Waals surface area (Å²) >= 11 is 0. The number of aromatic nitrogens is 2. The molecule has 4 aromatic rings. The minimum Gasteiger partial charge on any atom is -0.497 e. The van der Waals surface area contributed by atoms with Crippen LogP contribution in [0, 0.1) is 6.92 Å². The number of likely N-dealkylation sites (tertiary alicyclic amines) is 1. The fourth-order valence-corrected chi connectivity index (χ4v) is 4.43. The number of carbonyl (C=O) groups excluding carboxylic acids is 1. The molecule has 6 nitrogen and oxygen atoms in total. The van der Waals surface area contributed by atoms with Gasteiger partial charge < -0.3 is 19.0 Å². The number of aromatic amines is 1. The Kier molecular flexibility index (Phi) is 5.43. The molecule has 5 rings (SSSR count). The van der Waals surface area contributed by atoms with Crippen LogP contribution in [0.5, 0.6) is 5.75 Å². The number of hydrogen-bond donors (Lipinski definition) is 1. The summed E-state index contributed by atoms with van der Waals surface area (Å²) in [5, 5.41) is 1.06. The third-order valence-electron chi connectivity index (χ3n) is 6.18. The van der Waals surface area contributed by atoms with E-state index in [1.807, 2.05) is 41.3 Å². The van der Waals surface area contributed by atoms with Crippen LogP contribution in [0.3, 0.4) is 0 Å². The SMILES string of the molecule is COc1ccc(Cc2cnc(C3CCCN(C(=O)c4cc5ccc(C)cc5[nH]4)C3)o2)cc1. The summed E-state index contributed by atoms with van der Waals surface area (Å²) < 4.78 is 11.3. The molecule has 0 spiro atoms. The highest BCUT2D eigenvalue weighted by Gasteiger charge is 2.29. The summed E-state index contributed by atoms with van der Waals surface area (Å²) in [5.74, 6) is 2.54. The highest BCUT2D eigenvalue weighted by Crippen LogP contribution is 2.29. The van der Waals surface area contributed by atoms with E-state index in [4.69, 9.17) is 9.15 Å². The molecule has 1 aliphatic heterocycles. The highest BCUT2D eigenvalue weighted by molar-refractivity contribution is 5.98. The molecule has 1 saturated heterocycles. The molecule has 6 heteroatoms. The number of methoxy groups -OCH3 is 1. The first-order valence-corrected chi connectivity index (χ1v) is 11.1. The number of fused-ring (bicyclic) bond motifs is 1. The lowest BCUT2D eigenvalue weighted by Gasteiger charge is -2.31. The smallest absolute Gasteiger partial charge is 0.270 e. The first-order chi connectivity index (χ1) is 15.6. The van der Waals surface area contributed by atoms with Crippen molar-refractivity contribution >= 4 is 16.8 Å². The molecule has 1 amide bonds. The number of hydrogen-bond acceptors (Lipinski definition) is 4. The molecular formula is C26H27N3O3. The van der Waals surface area contributed by atoms with Crippen LogP contribution >= 0.6 is 0 Å². The van der Waals surface area contributed by atoms with Crippen LogP contribution in [-0.2, 0) is 6.42 Å². The normalized spacial score (nSPS) is 16.4. The van der Waals surface area contributed by atoms with E-state index in [2.05, 4.69) is 29.0 Å². The van der Waals surface area contributed by atoms with Gasteiger partial charge in [0.1, 0.15) is 17.2 Å². The Hall–Kier alpha value is -3.54. The van der Waals surface area contributed by atoms with Gasteiger partial charge >= 0.3 is 0 Å². The van der Waals surface area contributed by atoms with Crippen molar-refractivity contribution in [2.45, 2.75) is 32.1 Å². The summed E-state index contributed by atoms with van der Waals surface area (Å²) in [5.41, 5.74) is 3.95. The molecule has 1 unspecified atom stereocenters. The van der Waals surface area contributed by atoms with Crippen molar-refractivity contribution in [2.24, 2.45) is 0 Å². The highest BCUT2D eigenvalue weighted by atomic mass is 16.5. The molecule has 2 aromatic carbocycles. The molecule has 0 aliphatic carbocycles. The fourth-order valence-electron chi connectivity index (χ4n) is 4.43. The number of aryl methyl sites for hydroxylation is 1. The van der Waals surface area contributed by atoms with Crippen LogP contribution in [0.4, 0.5) is 0 Å². The molecule has 32 heavy (non-hydrogen) atoms. The number of nitrogens with one attached hydrogen (secondary N) is 1. The lowest BCUT2D eigenvalue weighted by atomic mass is 9.97. The average Bonchev–Trinajstić information content (AvgIpc) is 3.46. The molecule has 1 fully saturated rings. The standard InChI is InChI=1S/C26H27N3O3/c1-17-5-8-19-14-24(28-23(19)12-17)26(30)29-11-3-4-20(16-29)25-27-15-22(32-25)13-18-6-9-21(31-2)10-7-18/h5-10,12,14-15,20,28H,3-4,11,13,16H2,1-2H3. The van der Waals surface area contributed by atoms with Gasteiger partial charge in [-0.2, -0.15) is 0 Å². The van der Waals surface area contributed by atoms with Crippen LogP contribution in [0.1, 0.15) is 52.0 Å². The van der Waals surface area contributed by atoms with E-state index in [0.29, 0.717) is 18.7 Å². The zero-order chi connectivity index (χ0) is 22.1. The Labute approximate surface area is 187 Å². The Morgan fingerprint density at radius 2 is 2.06 bits per heavy atom. The predicted molar refractivity (Wildman–Crippen MR) is 123 cm³/mol. The summed E-state index contributed by atoms with van der Waals surface area (Å²) in [6, 6.07) is 16.1. The third-order valence-corrected chi connectivity index (χ3v) is 6.18. The topological polar surface area (TPSA) is 71.4 Å². The summed E-state index contributed by atoms with van der Waals surface area (Å²) in [7, 11) is 1.66.